The molecule has 72 valence electrons. The molecule has 0 amide bonds. The van der Waals surface area contributed by atoms with Gasteiger partial charge in [0.1, 0.15) is 6.29 Å². The second-order valence-corrected chi connectivity index (χ2v) is 3.23. The zero-order chi connectivity index (χ0) is 9.40. The Bertz CT molecular complexity index is 117. The van der Waals surface area contributed by atoms with E-state index < -0.39 is 0 Å². The van der Waals surface area contributed by atoms with Gasteiger partial charge in [-0.25, -0.2) is 0 Å². The van der Waals surface area contributed by atoms with Crippen molar-refractivity contribution in [1.82, 2.24) is 0 Å². The third-order valence-corrected chi connectivity index (χ3v) is 1.95. The van der Waals surface area contributed by atoms with Gasteiger partial charge in [-0.15, -0.1) is 0 Å². The van der Waals surface area contributed by atoms with Gasteiger partial charge >= 0.3 is 0 Å². The van der Waals surface area contributed by atoms with Crippen LogP contribution in [0, 0.1) is 5.92 Å². The first-order valence-corrected chi connectivity index (χ1v) is 4.35. The van der Waals surface area contributed by atoms with E-state index in [1.807, 2.05) is 0 Å². The lowest BCUT2D eigenvalue weighted by molar-refractivity contribution is -0.112. The van der Waals surface area contributed by atoms with Crippen LogP contribution in [0.1, 0.15) is 25.7 Å². The van der Waals surface area contributed by atoms with E-state index in [0.717, 1.165) is 32.0 Å². The zero-order valence-electron chi connectivity index (χ0n) is 7.95. The van der Waals surface area contributed by atoms with Crippen molar-refractivity contribution in [2.24, 2.45) is 11.7 Å². The Morgan fingerprint density at radius 1 is 1.42 bits per heavy atom. The van der Waals surface area contributed by atoms with E-state index in [0.29, 0.717) is 0 Å². The summed E-state index contributed by atoms with van der Waals surface area (Å²) in [4.78, 5) is 10.2. The Balaban J connectivity index is 0.000000354. The maximum absolute atomic E-state index is 10.2. The van der Waals surface area contributed by atoms with Gasteiger partial charge in [0.05, 0.1) is 0 Å². The third-order valence-electron chi connectivity index (χ3n) is 1.95. The summed E-state index contributed by atoms with van der Waals surface area (Å²) in [6.45, 7) is 0. The fourth-order valence-electron chi connectivity index (χ4n) is 1.39. The fraction of sp³-hybridized carbons (Fsp3) is 0.889. The molecule has 0 saturated heterocycles. The second-order valence-electron chi connectivity index (χ2n) is 3.23. The van der Waals surface area contributed by atoms with Gasteiger partial charge in [0.2, 0.25) is 0 Å². The number of rotatable bonds is 1. The number of methoxy groups -OCH3 is 1. The summed E-state index contributed by atoms with van der Waals surface area (Å²) in [5, 5.41) is 0. The first kappa shape index (κ1) is 11.6. The standard InChI is InChI=1S/C7H13NO.C2H6O/c8-7-3-1-2-6(4-7)5-9;1-3-2/h5-7H,1-4,8H2;1-2H3. The lowest BCUT2D eigenvalue weighted by atomic mass is 9.87. The summed E-state index contributed by atoms with van der Waals surface area (Å²) in [5.41, 5.74) is 5.64. The van der Waals surface area contributed by atoms with Crippen LogP contribution in [0.4, 0.5) is 0 Å². The topological polar surface area (TPSA) is 52.3 Å². The number of hydrogen-bond donors (Lipinski definition) is 1. The Morgan fingerprint density at radius 3 is 2.33 bits per heavy atom. The van der Waals surface area contributed by atoms with Crippen LogP contribution in [-0.4, -0.2) is 26.5 Å². The van der Waals surface area contributed by atoms with Crippen LogP contribution in [0.25, 0.3) is 0 Å². The average molecular weight is 173 g/mol. The highest BCUT2D eigenvalue weighted by Gasteiger charge is 2.17. The van der Waals surface area contributed by atoms with Crippen LogP contribution in [0.2, 0.25) is 0 Å². The predicted molar refractivity (Wildman–Crippen MR) is 48.9 cm³/mol. The van der Waals surface area contributed by atoms with Gasteiger partial charge in [0, 0.05) is 26.2 Å². The minimum Gasteiger partial charge on any atom is -0.388 e. The molecule has 1 aliphatic carbocycles. The van der Waals surface area contributed by atoms with Crippen molar-refractivity contribution in [1.29, 1.82) is 0 Å². The molecule has 1 saturated carbocycles. The number of carbonyl (C=O) groups excluding carboxylic acids is 1. The maximum atomic E-state index is 10.2. The summed E-state index contributed by atoms with van der Waals surface area (Å²) in [5.74, 6) is 0.258. The van der Waals surface area contributed by atoms with Crippen molar-refractivity contribution >= 4 is 6.29 Å². The number of carbonyl (C=O) groups is 1. The Kier molecular flexibility index (Phi) is 7.00. The second kappa shape index (κ2) is 7.25. The molecule has 12 heavy (non-hydrogen) atoms. The molecule has 0 aromatic carbocycles. The van der Waals surface area contributed by atoms with Crippen molar-refractivity contribution in [2.45, 2.75) is 31.7 Å². The predicted octanol–water partition coefficient (Wildman–Crippen LogP) is 0.965. The van der Waals surface area contributed by atoms with Crippen LogP contribution in [-0.2, 0) is 9.53 Å². The molecular weight excluding hydrogens is 154 g/mol. The molecular formula is C9H19NO2. The highest BCUT2D eigenvalue weighted by atomic mass is 16.4. The summed E-state index contributed by atoms with van der Waals surface area (Å²) in [6, 6.07) is 0.286. The van der Waals surface area contributed by atoms with E-state index in [4.69, 9.17) is 5.73 Å². The van der Waals surface area contributed by atoms with Crippen LogP contribution in [0.15, 0.2) is 0 Å². The Morgan fingerprint density at radius 2 is 2.00 bits per heavy atom. The van der Waals surface area contributed by atoms with Gasteiger partial charge in [-0.3, -0.25) is 0 Å². The smallest absolute Gasteiger partial charge is 0.123 e. The lowest BCUT2D eigenvalue weighted by Gasteiger charge is -2.21. The van der Waals surface area contributed by atoms with Gasteiger partial charge in [0.15, 0.2) is 0 Å². The summed E-state index contributed by atoms with van der Waals surface area (Å²) in [6.07, 6.45) is 5.23. The number of aldehydes is 1. The molecule has 3 heteroatoms. The fourth-order valence-corrected chi connectivity index (χ4v) is 1.39. The van der Waals surface area contributed by atoms with Gasteiger partial charge in [-0.2, -0.15) is 0 Å². The summed E-state index contributed by atoms with van der Waals surface area (Å²) in [7, 11) is 3.25. The maximum Gasteiger partial charge on any atom is 0.123 e. The quantitative estimate of drug-likeness (QED) is 0.601. The Labute approximate surface area is 74.3 Å². The molecule has 1 aliphatic rings. The minimum absolute atomic E-state index is 0.258. The molecule has 0 heterocycles. The van der Waals surface area contributed by atoms with Crippen molar-refractivity contribution in [3.8, 4) is 0 Å². The highest BCUT2D eigenvalue weighted by Crippen LogP contribution is 2.20. The Hall–Kier alpha value is -0.410. The van der Waals surface area contributed by atoms with E-state index in [2.05, 4.69) is 4.74 Å². The normalized spacial score (nSPS) is 28.6. The average Bonchev–Trinajstić information content (AvgIpc) is 2.06. The van der Waals surface area contributed by atoms with Crippen LogP contribution < -0.4 is 5.73 Å². The molecule has 2 N–H and O–H groups in total. The molecule has 1 rings (SSSR count). The number of hydrogen-bond acceptors (Lipinski definition) is 3. The zero-order valence-corrected chi connectivity index (χ0v) is 7.95. The molecule has 0 bridgehead atoms. The molecule has 0 aromatic heterocycles. The largest absolute Gasteiger partial charge is 0.388 e. The monoisotopic (exact) mass is 173 g/mol. The van der Waals surface area contributed by atoms with Crippen molar-refractivity contribution in [3.63, 3.8) is 0 Å². The summed E-state index contributed by atoms with van der Waals surface area (Å²) >= 11 is 0. The molecule has 2 atom stereocenters. The molecule has 1 fully saturated rings. The first-order chi connectivity index (χ1) is 5.74. The van der Waals surface area contributed by atoms with Crippen LogP contribution >= 0.6 is 0 Å². The molecule has 0 aromatic rings. The third kappa shape index (κ3) is 5.27. The van der Waals surface area contributed by atoms with Gasteiger partial charge in [-0.05, 0) is 19.3 Å². The molecule has 0 radical (unpaired) electrons. The SMILES string of the molecule is COC.NC1CCCC(C=O)C1. The van der Waals surface area contributed by atoms with Crippen molar-refractivity contribution < 1.29 is 9.53 Å². The number of ether oxygens (including phenoxy) is 1. The van der Waals surface area contributed by atoms with E-state index in [9.17, 15) is 4.79 Å². The van der Waals surface area contributed by atoms with Crippen LogP contribution in [0.3, 0.4) is 0 Å². The van der Waals surface area contributed by atoms with Gasteiger partial charge in [-0.1, -0.05) is 6.42 Å². The van der Waals surface area contributed by atoms with Crippen molar-refractivity contribution in [2.75, 3.05) is 14.2 Å². The van der Waals surface area contributed by atoms with Crippen molar-refractivity contribution in [3.05, 3.63) is 0 Å². The number of nitrogens with two attached hydrogens (primary N) is 1. The van der Waals surface area contributed by atoms with Gasteiger partial charge in [0.25, 0.3) is 0 Å². The lowest BCUT2D eigenvalue weighted by Crippen LogP contribution is -2.28. The molecule has 0 aliphatic heterocycles. The van der Waals surface area contributed by atoms with Gasteiger partial charge < -0.3 is 15.3 Å². The van der Waals surface area contributed by atoms with E-state index in [1.54, 1.807) is 14.2 Å². The van der Waals surface area contributed by atoms with E-state index >= 15 is 0 Å². The molecule has 2 unspecified atom stereocenters. The molecule has 3 nitrogen and oxygen atoms in total. The summed E-state index contributed by atoms with van der Waals surface area (Å²) < 4.78 is 4.25. The van der Waals surface area contributed by atoms with E-state index in [-0.39, 0.29) is 12.0 Å². The van der Waals surface area contributed by atoms with E-state index in [1.165, 1.54) is 0 Å². The van der Waals surface area contributed by atoms with Crippen LogP contribution in [0.5, 0.6) is 0 Å². The minimum atomic E-state index is 0.258. The molecule has 0 spiro atoms. The highest BCUT2D eigenvalue weighted by molar-refractivity contribution is 5.53. The first-order valence-electron chi connectivity index (χ1n) is 4.35.